The number of nitrogens with one attached hydrogen (secondary N) is 5. The summed E-state index contributed by atoms with van der Waals surface area (Å²) in [5, 5.41) is 11.8. The molecule has 0 bridgehead atoms. The van der Waals surface area contributed by atoms with Crippen molar-refractivity contribution in [3.8, 4) is 29.6 Å². The van der Waals surface area contributed by atoms with Crippen molar-refractivity contribution in [2.24, 2.45) is 0 Å². The van der Waals surface area contributed by atoms with Crippen LogP contribution in [0.2, 0.25) is 0 Å². The van der Waals surface area contributed by atoms with Gasteiger partial charge >= 0.3 is 6.03 Å². The molecule has 15 heteroatoms. The van der Waals surface area contributed by atoms with Crippen molar-refractivity contribution in [1.82, 2.24) is 10.3 Å². The SMILES string of the molecule is C#Cc1cc(Nc2cc(Oc3ccc(NC(=O)Nc4cc(C(C)(C)C)cc(NS(C)(=O)=O)c4OC)c4c3CCC=C4)ccn2)cc(C(=O)NCCOCCOC)c1. The molecule has 1 heterocycles. The molecule has 0 fully saturated rings. The number of benzene rings is 3. The molecule has 3 aromatic carbocycles. The van der Waals surface area contributed by atoms with Crippen molar-refractivity contribution < 1.29 is 37.0 Å². The van der Waals surface area contributed by atoms with Crippen LogP contribution in [0.15, 0.2) is 66.9 Å². The number of carbonyl (C=O) groups excluding carboxylic acids is 2. The topological polar surface area (TPSA) is 178 Å². The molecule has 1 aromatic heterocycles. The highest BCUT2D eigenvalue weighted by Gasteiger charge is 2.23. The maximum atomic E-state index is 13.5. The highest BCUT2D eigenvalue weighted by atomic mass is 32.2. The summed E-state index contributed by atoms with van der Waals surface area (Å²) in [7, 11) is -0.643. The van der Waals surface area contributed by atoms with E-state index in [0.717, 1.165) is 29.4 Å². The second-order valence-electron chi connectivity index (χ2n) is 14.2. The lowest BCUT2D eigenvalue weighted by Gasteiger charge is -2.24. The number of terminal acetylenes is 1. The molecule has 0 unspecified atom stereocenters. The van der Waals surface area contributed by atoms with Crippen molar-refractivity contribution in [1.29, 1.82) is 0 Å². The van der Waals surface area contributed by atoms with Gasteiger partial charge in [0.1, 0.15) is 17.3 Å². The smallest absolute Gasteiger partial charge is 0.323 e. The lowest BCUT2D eigenvalue weighted by atomic mass is 9.86. The zero-order chi connectivity index (χ0) is 41.2. The molecule has 300 valence electrons. The monoisotopic (exact) mass is 796 g/mol. The molecule has 3 amide bonds. The minimum atomic E-state index is -3.64. The number of hydrogen-bond donors (Lipinski definition) is 5. The molecular formula is C42H48N6O8S. The summed E-state index contributed by atoms with van der Waals surface area (Å²) in [6.45, 7) is 7.53. The van der Waals surface area contributed by atoms with Crippen LogP contribution in [0.5, 0.6) is 17.2 Å². The van der Waals surface area contributed by atoms with Crippen molar-refractivity contribution in [2.75, 3.05) is 67.5 Å². The Hall–Kier alpha value is -6.08. The molecule has 0 atom stereocenters. The summed E-state index contributed by atoms with van der Waals surface area (Å²) < 4.78 is 49.2. The number of fused-ring (bicyclic) bond motifs is 1. The van der Waals surface area contributed by atoms with Crippen molar-refractivity contribution in [3.63, 3.8) is 0 Å². The van der Waals surface area contributed by atoms with Crippen molar-refractivity contribution in [3.05, 3.63) is 94.7 Å². The van der Waals surface area contributed by atoms with E-state index in [9.17, 15) is 18.0 Å². The van der Waals surface area contributed by atoms with E-state index < -0.39 is 16.1 Å². The lowest BCUT2D eigenvalue weighted by molar-refractivity contribution is 0.0692. The van der Waals surface area contributed by atoms with Crippen LogP contribution in [0.4, 0.5) is 33.4 Å². The molecule has 1 aliphatic carbocycles. The van der Waals surface area contributed by atoms with Crippen molar-refractivity contribution in [2.45, 2.75) is 39.0 Å². The molecule has 5 N–H and O–H groups in total. The van der Waals surface area contributed by atoms with E-state index in [-0.39, 0.29) is 22.8 Å². The van der Waals surface area contributed by atoms with Crippen LogP contribution >= 0.6 is 0 Å². The number of nitrogens with zero attached hydrogens (tertiary/aromatic N) is 1. The maximum Gasteiger partial charge on any atom is 0.323 e. The average Bonchev–Trinajstić information content (AvgIpc) is 3.16. The number of methoxy groups -OCH3 is 2. The van der Waals surface area contributed by atoms with Gasteiger partial charge in [0.2, 0.25) is 10.0 Å². The molecule has 0 aliphatic heterocycles. The minimum absolute atomic E-state index is 0.172. The van der Waals surface area contributed by atoms with Gasteiger partial charge in [-0.25, -0.2) is 18.2 Å². The lowest BCUT2D eigenvalue weighted by Crippen LogP contribution is -2.27. The van der Waals surface area contributed by atoms with Gasteiger partial charge in [-0.05, 0) is 72.4 Å². The van der Waals surface area contributed by atoms with E-state index in [1.165, 1.54) is 7.11 Å². The van der Waals surface area contributed by atoms with E-state index >= 15 is 0 Å². The summed E-state index contributed by atoms with van der Waals surface area (Å²) in [6.07, 6.45) is 13.8. The molecule has 1 aliphatic rings. The van der Waals surface area contributed by atoms with Gasteiger partial charge in [-0.1, -0.05) is 38.8 Å². The van der Waals surface area contributed by atoms with Crippen LogP contribution in [-0.4, -0.2) is 72.2 Å². The Kier molecular flexibility index (Phi) is 13.8. The van der Waals surface area contributed by atoms with Crippen LogP contribution in [-0.2, 0) is 31.3 Å². The Morgan fingerprint density at radius 3 is 2.44 bits per heavy atom. The zero-order valence-electron chi connectivity index (χ0n) is 32.9. The second-order valence-corrected chi connectivity index (χ2v) is 15.9. The van der Waals surface area contributed by atoms with Crippen LogP contribution in [0, 0.1) is 12.3 Å². The van der Waals surface area contributed by atoms with Gasteiger partial charge in [-0.15, -0.1) is 6.42 Å². The van der Waals surface area contributed by atoms with Crippen molar-refractivity contribution >= 4 is 56.6 Å². The second kappa shape index (κ2) is 18.7. The van der Waals surface area contributed by atoms with E-state index in [2.05, 4.69) is 36.9 Å². The molecule has 14 nitrogen and oxygen atoms in total. The molecule has 0 radical (unpaired) electrons. The number of sulfonamides is 1. The number of hydrogen-bond acceptors (Lipinski definition) is 10. The first-order valence-corrected chi connectivity index (χ1v) is 20.0. The molecular weight excluding hydrogens is 749 g/mol. The number of aromatic nitrogens is 1. The number of urea groups is 1. The van der Waals surface area contributed by atoms with E-state index in [0.29, 0.717) is 78.3 Å². The fourth-order valence-electron chi connectivity index (χ4n) is 5.97. The minimum Gasteiger partial charge on any atom is -0.492 e. The standard InChI is InChI=1S/C42H48N6O8S/c1-8-27-21-28(40(49)44-17-18-55-20-19-53-5)23-30(22-27)45-38-26-31(15-16-43-38)56-37-14-13-34(32-11-9-10-12-33(32)37)46-41(50)47-35-24-29(42(2,3)4)25-36(39(35)54-6)48-57(7,51)52/h1,9,11,13-16,21-26,48H,10,12,17-20H2,2-7H3,(H,43,45)(H,44,49)(H2,46,47,50). The third-order valence-corrected chi connectivity index (χ3v) is 9.26. The normalized spacial score (nSPS) is 12.2. The largest absolute Gasteiger partial charge is 0.492 e. The highest BCUT2D eigenvalue weighted by Crippen LogP contribution is 2.40. The number of amides is 3. The summed E-state index contributed by atoms with van der Waals surface area (Å²) in [5.41, 5.74) is 4.62. The Morgan fingerprint density at radius 1 is 0.947 bits per heavy atom. The van der Waals surface area contributed by atoms with Gasteiger partial charge in [0.15, 0.2) is 5.75 Å². The van der Waals surface area contributed by atoms with E-state index in [4.69, 9.17) is 25.4 Å². The molecule has 0 spiro atoms. The van der Waals surface area contributed by atoms with E-state index in [1.54, 1.807) is 67.9 Å². The third-order valence-electron chi connectivity index (χ3n) is 8.67. The number of anilines is 5. The highest BCUT2D eigenvalue weighted by molar-refractivity contribution is 7.92. The Balaban J connectivity index is 1.32. The first-order valence-electron chi connectivity index (χ1n) is 18.2. The summed E-state index contributed by atoms with van der Waals surface area (Å²) in [6, 6.07) is 15.0. The predicted molar refractivity (Wildman–Crippen MR) is 224 cm³/mol. The summed E-state index contributed by atoms with van der Waals surface area (Å²) in [5.74, 6) is 4.04. The predicted octanol–water partition coefficient (Wildman–Crippen LogP) is 7.27. The first-order chi connectivity index (χ1) is 27.2. The molecule has 5 rings (SSSR count). The van der Waals surface area contributed by atoms with Crippen LogP contribution in [0.25, 0.3) is 6.08 Å². The molecule has 4 aromatic rings. The van der Waals surface area contributed by atoms with Gasteiger partial charge in [0, 0.05) is 53.9 Å². The maximum absolute atomic E-state index is 13.5. The number of carbonyl (C=O) groups is 2. The molecule has 57 heavy (non-hydrogen) atoms. The van der Waals surface area contributed by atoms with Gasteiger partial charge in [-0.3, -0.25) is 9.52 Å². The average molecular weight is 797 g/mol. The Bertz CT molecular complexity index is 2300. The Labute approximate surface area is 333 Å². The number of rotatable bonds is 16. The van der Waals surface area contributed by atoms with Crippen LogP contribution in [0.3, 0.4) is 0 Å². The van der Waals surface area contributed by atoms with Gasteiger partial charge in [-0.2, -0.15) is 0 Å². The third kappa shape index (κ3) is 11.7. The summed E-state index contributed by atoms with van der Waals surface area (Å²) in [4.78, 5) is 30.8. The van der Waals surface area contributed by atoms with Crippen LogP contribution < -0.4 is 35.5 Å². The summed E-state index contributed by atoms with van der Waals surface area (Å²) >= 11 is 0. The number of pyridine rings is 1. The first kappa shape index (κ1) is 42.1. The fraction of sp³-hybridized carbons (Fsp3) is 0.310. The van der Waals surface area contributed by atoms with E-state index in [1.807, 2.05) is 32.9 Å². The van der Waals surface area contributed by atoms with Gasteiger partial charge < -0.3 is 40.2 Å². The number of allylic oxidation sites excluding steroid dienone is 1. The van der Waals surface area contributed by atoms with Gasteiger partial charge in [0.05, 0.1) is 50.2 Å². The van der Waals surface area contributed by atoms with Crippen LogP contribution in [0.1, 0.15) is 59.8 Å². The molecule has 0 saturated carbocycles. The van der Waals surface area contributed by atoms with Gasteiger partial charge in [0.25, 0.3) is 5.91 Å². The fourth-order valence-corrected chi connectivity index (χ4v) is 6.52. The molecule has 0 saturated heterocycles. The quantitative estimate of drug-likeness (QED) is 0.0572. The Morgan fingerprint density at radius 2 is 1.72 bits per heavy atom. The number of ether oxygens (including phenoxy) is 4. The zero-order valence-corrected chi connectivity index (χ0v) is 33.7.